The molecule has 0 radical (unpaired) electrons. The lowest BCUT2D eigenvalue weighted by Crippen LogP contribution is -1.97. The van der Waals surface area contributed by atoms with Crippen molar-refractivity contribution >= 4 is 17.6 Å². The van der Waals surface area contributed by atoms with Crippen LogP contribution < -0.4 is 0 Å². The molecular formula is C11H9ClO2. The van der Waals surface area contributed by atoms with Gasteiger partial charge < -0.3 is 5.11 Å². The Labute approximate surface area is 87.5 Å². The second-order valence-electron chi connectivity index (χ2n) is 2.77. The Balaban J connectivity index is 3.07. The van der Waals surface area contributed by atoms with Crippen LogP contribution in [0, 0.1) is 18.8 Å². The molecule has 0 amide bonds. The Morgan fingerprint density at radius 3 is 2.79 bits per heavy atom. The van der Waals surface area contributed by atoms with Crippen LogP contribution in [0.2, 0.25) is 0 Å². The zero-order chi connectivity index (χ0) is 10.6. The smallest absolute Gasteiger partial charge is 0.335 e. The maximum absolute atomic E-state index is 10.6. The standard InChI is InChI=1S/C11H9ClO2/c1-8-7-10(11(13)14)5-4-9(8)3-2-6-12/h4-5,7H,6H2,1H3,(H,13,14). The summed E-state index contributed by atoms with van der Waals surface area (Å²) in [6, 6.07) is 4.83. The van der Waals surface area contributed by atoms with E-state index in [0.29, 0.717) is 0 Å². The molecule has 0 fully saturated rings. The minimum atomic E-state index is -0.926. The summed E-state index contributed by atoms with van der Waals surface area (Å²) in [7, 11) is 0. The SMILES string of the molecule is Cc1cc(C(=O)O)ccc1C#CCCl. The van der Waals surface area contributed by atoms with E-state index < -0.39 is 5.97 Å². The van der Waals surface area contributed by atoms with Gasteiger partial charge in [-0.3, -0.25) is 0 Å². The molecule has 0 aliphatic heterocycles. The van der Waals surface area contributed by atoms with Crippen LogP contribution in [0.5, 0.6) is 0 Å². The fourth-order valence-electron chi connectivity index (χ4n) is 1.07. The van der Waals surface area contributed by atoms with Gasteiger partial charge in [-0.05, 0) is 30.7 Å². The zero-order valence-electron chi connectivity index (χ0n) is 7.67. The lowest BCUT2D eigenvalue weighted by atomic mass is 10.1. The number of carbonyl (C=O) groups is 1. The summed E-state index contributed by atoms with van der Waals surface area (Å²) in [4.78, 5) is 10.6. The number of carboxylic acid groups (broad SMARTS) is 1. The lowest BCUT2D eigenvalue weighted by Gasteiger charge is -1.99. The number of aryl methyl sites for hydroxylation is 1. The average Bonchev–Trinajstić information content (AvgIpc) is 2.15. The van der Waals surface area contributed by atoms with Crippen molar-refractivity contribution in [2.75, 3.05) is 5.88 Å². The molecule has 0 unspecified atom stereocenters. The predicted molar refractivity (Wildman–Crippen MR) is 55.7 cm³/mol. The molecule has 1 aromatic rings. The van der Waals surface area contributed by atoms with Crippen molar-refractivity contribution in [3.8, 4) is 11.8 Å². The minimum absolute atomic E-state index is 0.277. The van der Waals surface area contributed by atoms with Crippen molar-refractivity contribution in [2.24, 2.45) is 0 Å². The summed E-state index contributed by atoms with van der Waals surface area (Å²) < 4.78 is 0. The van der Waals surface area contributed by atoms with E-state index in [1.54, 1.807) is 12.1 Å². The van der Waals surface area contributed by atoms with E-state index in [0.717, 1.165) is 11.1 Å². The summed E-state index contributed by atoms with van der Waals surface area (Å²) in [5.74, 6) is 4.93. The Morgan fingerprint density at radius 2 is 2.29 bits per heavy atom. The fraction of sp³-hybridized carbons (Fsp3) is 0.182. The number of benzene rings is 1. The van der Waals surface area contributed by atoms with Crippen molar-refractivity contribution in [1.29, 1.82) is 0 Å². The highest BCUT2D eigenvalue weighted by Crippen LogP contribution is 2.09. The number of carboxylic acids is 1. The third-order valence-corrected chi connectivity index (χ3v) is 1.90. The minimum Gasteiger partial charge on any atom is -0.478 e. The second kappa shape index (κ2) is 4.69. The van der Waals surface area contributed by atoms with Crippen LogP contribution in [-0.2, 0) is 0 Å². The molecule has 72 valence electrons. The van der Waals surface area contributed by atoms with Gasteiger partial charge in [0.1, 0.15) is 0 Å². The van der Waals surface area contributed by atoms with E-state index in [1.165, 1.54) is 6.07 Å². The first kappa shape index (κ1) is 10.6. The van der Waals surface area contributed by atoms with E-state index in [1.807, 2.05) is 6.92 Å². The molecule has 1 rings (SSSR count). The Hall–Kier alpha value is -1.46. The molecule has 1 aromatic carbocycles. The molecule has 0 saturated carbocycles. The van der Waals surface area contributed by atoms with Gasteiger partial charge in [0, 0.05) is 5.56 Å². The third kappa shape index (κ3) is 2.51. The molecule has 3 heteroatoms. The highest BCUT2D eigenvalue weighted by molar-refractivity contribution is 6.19. The fourth-order valence-corrected chi connectivity index (χ4v) is 1.13. The molecule has 2 nitrogen and oxygen atoms in total. The van der Waals surface area contributed by atoms with Crippen LogP contribution in [0.1, 0.15) is 21.5 Å². The van der Waals surface area contributed by atoms with Gasteiger partial charge in [0.15, 0.2) is 0 Å². The second-order valence-corrected chi connectivity index (χ2v) is 3.04. The average molecular weight is 209 g/mol. The Bertz CT molecular complexity index is 413. The molecule has 0 aliphatic carbocycles. The van der Waals surface area contributed by atoms with E-state index in [2.05, 4.69) is 11.8 Å². The van der Waals surface area contributed by atoms with Gasteiger partial charge >= 0.3 is 5.97 Å². The van der Waals surface area contributed by atoms with E-state index in [9.17, 15) is 4.79 Å². The van der Waals surface area contributed by atoms with Gasteiger partial charge in [-0.1, -0.05) is 11.8 Å². The van der Waals surface area contributed by atoms with Crippen LogP contribution in [0.15, 0.2) is 18.2 Å². The third-order valence-electron chi connectivity index (χ3n) is 1.76. The van der Waals surface area contributed by atoms with Crippen LogP contribution in [0.4, 0.5) is 0 Å². The molecular weight excluding hydrogens is 200 g/mol. The summed E-state index contributed by atoms with van der Waals surface area (Å²) in [6.07, 6.45) is 0. The van der Waals surface area contributed by atoms with E-state index >= 15 is 0 Å². The summed E-state index contributed by atoms with van der Waals surface area (Å²) in [6.45, 7) is 1.82. The molecule has 1 N–H and O–H groups in total. The number of rotatable bonds is 1. The number of hydrogen-bond acceptors (Lipinski definition) is 1. The van der Waals surface area contributed by atoms with Crippen LogP contribution >= 0.6 is 11.6 Å². The first-order chi connectivity index (χ1) is 6.65. The lowest BCUT2D eigenvalue weighted by molar-refractivity contribution is 0.0697. The van der Waals surface area contributed by atoms with Crippen LogP contribution in [-0.4, -0.2) is 17.0 Å². The molecule has 14 heavy (non-hydrogen) atoms. The largest absolute Gasteiger partial charge is 0.478 e. The maximum Gasteiger partial charge on any atom is 0.335 e. The molecule has 0 heterocycles. The van der Waals surface area contributed by atoms with Crippen molar-refractivity contribution in [1.82, 2.24) is 0 Å². The highest BCUT2D eigenvalue weighted by atomic mass is 35.5. The monoisotopic (exact) mass is 208 g/mol. The number of aromatic carboxylic acids is 1. The van der Waals surface area contributed by atoms with Gasteiger partial charge in [-0.25, -0.2) is 4.79 Å². The predicted octanol–water partition coefficient (Wildman–Crippen LogP) is 2.28. The molecule has 0 spiro atoms. The highest BCUT2D eigenvalue weighted by Gasteiger charge is 2.03. The quantitative estimate of drug-likeness (QED) is 0.568. The Morgan fingerprint density at radius 1 is 1.57 bits per heavy atom. The first-order valence-electron chi connectivity index (χ1n) is 4.04. The molecule has 0 aliphatic rings. The maximum atomic E-state index is 10.6. The van der Waals surface area contributed by atoms with Crippen LogP contribution in [0.25, 0.3) is 0 Å². The van der Waals surface area contributed by atoms with Crippen molar-refractivity contribution < 1.29 is 9.90 Å². The number of hydrogen-bond donors (Lipinski definition) is 1. The summed E-state index contributed by atoms with van der Waals surface area (Å²) in [5.41, 5.74) is 1.94. The number of halogens is 1. The normalized spacial score (nSPS) is 9.00. The molecule has 0 bridgehead atoms. The Kier molecular flexibility index (Phi) is 3.55. The van der Waals surface area contributed by atoms with Crippen molar-refractivity contribution in [2.45, 2.75) is 6.92 Å². The first-order valence-corrected chi connectivity index (χ1v) is 4.57. The topological polar surface area (TPSA) is 37.3 Å². The van der Waals surface area contributed by atoms with Crippen LogP contribution in [0.3, 0.4) is 0 Å². The van der Waals surface area contributed by atoms with Gasteiger partial charge in [-0.2, -0.15) is 0 Å². The molecule has 0 aromatic heterocycles. The van der Waals surface area contributed by atoms with Gasteiger partial charge in [0.25, 0.3) is 0 Å². The molecule has 0 atom stereocenters. The summed E-state index contributed by atoms with van der Waals surface area (Å²) >= 11 is 5.42. The van der Waals surface area contributed by atoms with Gasteiger partial charge in [0.2, 0.25) is 0 Å². The zero-order valence-corrected chi connectivity index (χ0v) is 8.43. The van der Waals surface area contributed by atoms with E-state index in [4.69, 9.17) is 16.7 Å². The summed E-state index contributed by atoms with van der Waals surface area (Å²) in [5, 5.41) is 8.72. The molecule has 0 saturated heterocycles. The van der Waals surface area contributed by atoms with E-state index in [-0.39, 0.29) is 11.4 Å². The number of alkyl halides is 1. The van der Waals surface area contributed by atoms with Crippen molar-refractivity contribution in [3.05, 3.63) is 34.9 Å². The van der Waals surface area contributed by atoms with Gasteiger partial charge in [-0.15, -0.1) is 11.6 Å². The van der Waals surface area contributed by atoms with Gasteiger partial charge in [0.05, 0.1) is 11.4 Å². The van der Waals surface area contributed by atoms with Crippen molar-refractivity contribution in [3.63, 3.8) is 0 Å².